The number of carbonyl (C=O) groups excluding carboxylic acids is 2. The molecule has 2 aliphatic rings. The monoisotopic (exact) mass is 442 g/mol. The van der Waals surface area contributed by atoms with Gasteiger partial charge in [-0.3, -0.25) is 19.3 Å². The number of hydrogen-bond acceptors (Lipinski definition) is 7. The predicted molar refractivity (Wildman–Crippen MR) is 108 cm³/mol. The van der Waals surface area contributed by atoms with Crippen molar-refractivity contribution in [3.63, 3.8) is 0 Å². The first-order valence-electron chi connectivity index (χ1n) is 11.1. The number of rotatable bonds is 9. The summed E-state index contributed by atoms with van der Waals surface area (Å²) in [4.78, 5) is 58.0. The van der Waals surface area contributed by atoms with Crippen LogP contribution >= 0.6 is 0 Å². The first-order valence-corrected chi connectivity index (χ1v) is 11.1. The van der Waals surface area contributed by atoms with Gasteiger partial charge < -0.3 is 14.9 Å². The number of esters is 1. The molecule has 2 aliphatic carbocycles. The molecule has 2 fully saturated rings. The Morgan fingerprint density at radius 3 is 1.68 bits per heavy atom. The summed E-state index contributed by atoms with van der Waals surface area (Å²) in [5, 5.41) is 18.7. The van der Waals surface area contributed by atoms with E-state index in [1.165, 1.54) is 0 Å². The molecule has 5 unspecified atom stereocenters. The van der Waals surface area contributed by atoms with E-state index in [4.69, 9.17) is 14.5 Å². The number of aliphatic carboxylic acids is 2. The Morgan fingerprint density at radius 1 is 0.806 bits per heavy atom. The lowest BCUT2D eigenvalue weighted by Gasteiger charge is -2.31. The zero-order valence-electron chi connectivity index (χ0n) is 18.5. The van der Waals surface area contributed by atoms with Crippen molar-refractivity contribution in [3.05, 3.63) is 0 Å². The van der Waals surface area contributed by atoms with E-state index in [-0.39, 0.29) is 6.42 Å². The molecule has 9 nitrogen and oxygen atoms in total. The fraction of sp³-hybridized carbons (Fsp3) is 0.818. The van der Waals surface area contributed by atoms with Crippen LogP contribution in [0, 0.1) is 23.7 Å². The van der Waals surface area contributed by atoms with E-state index in [0.717, 1.165) is 25.7 Å². The van der Waals surface area contributed by atoms with Crippen LogP contribution in [0.4, 0.5) is 0 Å². The topological polar surface area (TPSA) is 136 Å². The molecule has 0 spiro atoms. The van der Waals surface area contributed by atoms with Gasteiger partial charge in [0.25, 0.3) is 0 Å². The number of ether oxygens (including phenoxy) is 1. The number of carboxylic acids is 2. The maximum absolute atomic E-state index is 12.5. The van der Waals surface area contributed by atoms with Crippen molar-refractivity contribution in [3.8, 4) is 0 Å². The van der Waals surface area contributed by atoms with Crippen LogP contribution < -0.4 is 0 Å². The van der Waals surface area contributed by atoms with Crippen molar-refractivity contribution in [1.29, 1.82) is 0 Å². The molecular weight excluding hydrogens is 408 g/mol. The molecule has 0 heterocycles. The van der Waals surface area contributed by atoms with Crippen LogP contribution in [0.5, 0.6) is 0 Å². The van der Waals surface area contributed by atoms with Crippen LogP contribution in [0.1, 0.15) is 78.6 Å². The van der Waals surface area contributed by atoms with E-state index in [1.54, 1.807) is 20.8 Å². The minimum Gasteiger partial charge on any atom is -0.481 e. The Labute approximate surface area is 182 Å². The summed E-state index contributed by atoms with van der Waals surface area (Å²) in [7, 11) is 0. The Kier molecular flexibility index (Phi) is 8.85. The maximum Gasteiger partial charge on any atom is 0.346 e. The quantitative estimate of drug-likeness (QED) is 0.313. The van der Waals surface area contributed by atoms with Crippen molar-refractivity contribution in [2.45, 2.75) is 90.3 Å². The highest BCUT2D eigenvalue weighted by molar-refractivity contribution is 5.81. The van der Waals surface area contributed by atoms with Gasteiger partial charge in [0.15, 0.2) is 0 Å². The normalized spacial score (nSPS) is 27.7. The van der Waals surface area contributed by atoms with E-state index in [2.05, 4.69) is 0 Å². The zero-order chi connectivity index (χ0) is 23.2. The second kappa shape index (κ2) is 10.9. The summed E-state index contributed by atoms with van der Waals surface area (Å²) >= 11 is 0. The largest absolute Gasteiger partial charge is 0.481 e. The Hall–Kier alpha value is -2.16. The molecule has 176 valence electrons. The molecule has 2 rings (SSSR count). The Balaban J connectivity index is 1.85. The summed E-state index contributed by atoms with van der Waals surface area (Å²) in [6.07, 6.45) is 4.57. The Bertz CT molecular complexity index is 672. The SMILES string of the molecule is CC(CC(C)(C)OOC(=O)C1CCCCC1C(=O)O)OC(=O)C1CCCCC1C(=O)O. The van der Waals surface area contributed by atoms with Gasteiger partial charge in [-0.1, -0.05) is 25.7 Å². The molecule has 0 bridgehead atoms. The molecule has 2 saturated carbocycles. The third-order valence-electron chi connectivity index (χ3n) is 6.22. The fourth-order valence-corrected chi connectivity index (χ4v) is 4.69. The van der Waals surface area contributed by atoms with E-state index < -0.39 is 59.3 Å². The van der Waals surface area contributed by atoms with E-state index >= 15 is 0 Å². The van der Waals surface area contributed by atoms with Crippen LogP contribution in [-0.4, -0.2) is 45.8 Å². The molecule has 5 atom stereocenters. The van der Waals surface area contributed by atoms with Crippen molar-refractivity contribution in [2.24, 2.45) is 23.7 Å². The number of hydrogen-bond donors (Lipinski definition) is 2. The lowest BCUT2D eigenvalue weighted by atomic mass is 9.79. The maximum atomic E-state index is 12.5. The smallest absolute Gasteiger partial charge is 0.346 e. The molecule has 0 saturated heterocycles. The van der Waals surface area contributed by atoms with Gasteiger partial charge in [-0.15, -0.1) is 0 Å². The van der Waals surface area contributed by atoms with Gasteiger partial charge in [0.2, 0.25) is 0 Å². The summed E-state index contributed by atoms with van der Waals surface area (Å²) < 4.78 is 5.48. The molecule has 0 aromatic carbocycles. The first-order chi connectivity index (χ1) is 14.5. The molecule has 0 radical (unpaired) electrons. The molecular formula is C22H34O9. The minimum absolute atomic E-state index is 0.212. The van der Waals surface area contributed by atoms with E-state index in [1.807, 2.05) is 0 Å². The fourth-order valence-electron chi connectivity index (χ4n) is 4.69. The van der Waals surface area contributed by atoms with Crippen LogP contribution in [0.15, 0.2) is 0 Å². The minimum atomic E-state index is -1.01. The second-order valence-electron chi connectivity index (χ2n) is 9.37. The molecule has 2 N–H and O–H groups in total. The zero-order valence-corrected chi connectivity index (χ0v) is 18.5. The van der Waals surface area contributed by atoms with Crippen LogP contribution in [0.25, 0.3) is 0 Å². The van der Waals surface area contributed by atoms with Gasteiger partial charge >= 0.3 is 23.9 Å². The summed E-state index contributed by atoms with van der Waals surface area (Å²) in [6, 6.07) is 0. The van der Waals surface area contributed by atoms with Crippen LogP contribution in [-0.2, 0) is 33.7 Å². The van der Waals surface area contributed by atoms with Crippen LogP contribution in [0.3, 0.4) is 0 Å². The summed E-state index contributed by atoms with van der Waals surface area (Å²) in [6.45, 7) is 5.01. The van der Waals surface area contributed by atoms with Crippen molar-refractivity contribution in [1.82, 2.24) is 0 Å². The number of carboxylic acid groups (broad SMARTS) is 2. The third-order valence-corrected chi connectivity index (χ3v) is 6.22. The number of carbonyl (C=O) groups is 4. The Morgan fingerprint density at radius 2 is 1.23 bits per heavy atom. The molecule has 9 heteroatoms. The van der Waals surface area contributed by atoms with Gasteiger partial charge in [-0.05, 0) is 46.5 Å². The average Bonchev–Trinajstić information content (AvgIpc) is 2.71. The summed E-state index contributed by atoms with van der Waals surface area (Å²) in [5.74, 6) is -6.11. The summed E-state index contributed by atoms with van der Waals surface area (Å²) in [5.41, 5.74) is -0.985. The van der Waals surface area contributed by atoms with Gasteiger partial charge in [-0.25, -0.2) is 4.79 Å². The second-order valence-corrected chi connectivity index (χ2v) is 9.37. The van der Waals surface area contributed by atoms with Crippen molar-refractivity contribution in [2.75, 3.05) is 0 Å². The van der Waals surface area contributed by atoms with Crippen molar-refractivity contribution < 1.29 is 43.9 Å². The first kappa shape index (κ1) is 25.1. The highest BCUT2D eigenvalue weighted by atomic mass is 17.2. The molecule has 0 aromatic heterocycles. The van der Waals surface area contributed by atoms with Crippen LogP contribution in [0.2, 0.25) is 0 Å². The molecule has 0 aliphatic heterocycles. The predicted octanol–water partition coefficient (Wildman–Crippen LogP) is 3.34. The van der Waals surface area contributed by atoms with Gasteiger partial charge in [0.05, 0.1) is 23.7 Å². The lowest BCUT2D eigenvalue weighted by Crippen LogP contribution is -2.38. The molecule has 31 heavy (non-hydrogen) atoms. The van der Waals surface area contributed by atoms with Gasteiger partial charge in [-0.2, -0.15) is 4.89 Å². The van der Waals surface area contributed by atoms with Crippen molar-refractivity contribution >= 4 is 23.9 Å². The highest BCUT2D eigenvalue weighted by Crippen LogP contribution is 2.33. The average molecular weight is 443 g/mol. The van der Waals surface area contributed by atoms with E-state index in [9.17, 15) is 29.4 Å². The lowest BCUT2D eigenvalue weighted by molar-refractivity contribution is -0.332. The van der Waals surface area contributed by atoms with Gasteiger partial charge in [0.1, 0.15) is 11.7 Å². The third kappa shape index (κ3) is 7.19. The molecule has 0 amide bonds. The van der Waals surface area contributed by atoms with E-state index in [0.29, 0.717) is 25.7 Å². The standard InChI is InChI=1S/C22H34O9/c1-13(29-20(27)16-10-6-4-8-14(16)18(23)24)12-22(2,3)31-30-21(28)17-11-7-5-9-15(17)19(25)26/h13-17H,4-12H2,1-3H3,(H,23,24)(H,25,26). The van der Waals surface area contributed by atoms with Gasteiger partial charge in [0, 0.05) is 6.42 Å². The highest BCUT2D eigenvalue weighted by Gasteiger charge is 2.40. The molecule has 0 aromatic rings.